The van der Waals surface area contributed by atoms with Crippen LogP contribution in [0.2, 0.25) is 0 Å². The summed E-state index contributed by atoms with van der Waals surface area (Å²) in [5.74, 6) is 0.945. The van der Waals surface area contributed by atoms with Gasteiger partial charge in [-0.2, -0.15) is 4.52 Å². The third kappa shape index (κ3) is 2.79. The number of anilines is 1. The Kier molecular flexibility index (Phi) is 3.59. The summed E-state index contributed by atoms with van der Waals surface area (Å²) in [5, 5.41) is 16.0. The van der Waals surface area contributed by atoms with E-state index in [2.05, 4.69) is 25.6 Å². The molecule has 6 nitrogen and oxygen atoms in total. The number of pyridine rings is 1. The number of aromatic nitrogens is 5. The number of rotatable bonds is 4. The molecule has 0 spiro atoms. The van der Waals surface area contributed by atoms with Gasteiger partial charge in [-0.15, -0.1) is 15.3 Å². The molecule has 0 fully saturated rings. The first-order valence-corrected chi connectivity index (χ1v) is 7.42. The normalized spacial score (nSPS) is 10.9. The molecule has 0 saturated carbocycles. The Balaban J connectivity index is 1.64. The Morgan fingerprint density at radius 1 is 0.958 bits per heavy atom. The van der Waals surface area contributed by atoms with Gasteiger partial charge in [0, 0.05) is 11.8 Å². The molecule has 4 rings (SSSR count). The molecule has 0 aliphatic heterocycles. The summed E-state index contributed by atoms with van der Waals surface area (Å²) < 4.78 is 14.7. The zero-order valence-corrected chi connectivity index (χ0v) is 12.6. The number of hydrogen-bond donors (Lipinski definition) is 1. The highest BCUT2D eigenvalue weighted by Gasteiger charge is 2.10. The summed E-state index contributed by atoms with van der Waals surface area (Å²) in [7, 11) is 0. The predicted molar refractivity (Wildman–Crippen MR) is 87.7 cm³/mol. The number of nitrogens with zero attached hydrogens (tertiary/aromatic N) is 5. The van der Waals surface area contributed by atoms with Gasteiger partial charge in [-0.1, -0.05) is 6.07 Å². The van der Waals surface area contributed by atoms with Gasteiger partial charge in [0.15, 0.2) is 11.5 Å². The van der Waals surface area contributed by atoms with Gasteiger partial charge in [0.2, 0.25) is 0 Å². The van der Waals surface area contributed by atoms with Gasteiger partial charge in [-0.3, -0.25) is 4.98 Å². The molecule has 7 heteroatoms. The second kappa shape index (κ2) is 6.04. The highest BCUT2D eigenvalue weighted by Crippen LogP contribution is 2.19. The molecule has 3 heterocycles. The molecule has 3 aromatic heterocycles. The second-order valence-electron chi connectivity index (χ2n) is 5.19. The van der Waals surface area contributed by atoms with Gasteiger partial charge in [-0.05, 0) is 48.5 Å². The Morgan fingerprint density at radius 2 is 1.83 bits per heavy atom. The Bertz CT molecular complexity index is 965. The molecule has 1 N–H and O–H groups in total. The van der Waals surface area contributed by atoms with Crippen molar-refractivity contribution in [2.75, 3.05) is 5.32 Å². The van der Waals surface area contributed by atoms with Crippen molar-refractivity contribution in [1.82, 2.24) is 24.8 Å². The monoisotopic (exact) mass is 320 g/mol. The molecular weight excluding hydrogens is 307 g/mol. The Labute approximate surface area is 137 Å². The summed E-state index contributed by atoms with van der Waals surface area (Å²) in [4.78, 5) is 4.26. The highest BCUT2D eigenvalue weighted by molar-refractivity contribution is 5.59. The molecule has 24 heavy (non-hydrogen) atoms. The number of nitrogens with one attached hydrogen (secondary N) is 1. The average Bonchev–Trinajstić information content (AvgIpc) is 3.05. The van der Waals surface area contributed by atoms with Crippen LogP contribution in [0.3, 0.4) is 0 Å². The summed E-state index contributed by atoms with van der Waals surface area (Å²) >= 11 is 0. The van der Waals surface area contributed by atoms with Crippen molar-refractivity contribution in [3.05, 3.63) is 72.3 Å². The third-order valence-corrected chi connectivity index (χ3v) is 3.54. The summed E-state index contributed by atoms with van der Waals surface area (Å²) in [5.41, 5.74) is 2.29. The zero-order chi connectivity index (χ0) is 16.4. The topological polar surface area (TPSA) is 68.0 Å². The fourth-order valence-corrected chi connectivity index (χ4v) is 2.35. The fourth-order valence-electron chi connectivity index (χ4n) is 2.35. The van der Waals surface area contributed by atoms with Crippen LogP contribution in [0.25, 0.3) is 17.0 Å². The van der Waals surface area contributed by atoms with Gasteiger partial charge in [0.25, 0.3) is 0 Å². The van der Waals surface area contributed by atoms with Crippen LogP contribution >= 0.6 is 0 Å². The van der Waals surface area contributed by atoms with Crippen LogP contribution in [0.1, 0.15) is 5.69 Å². The van der Waals surface area contributed by atoms with Gasteiger partial charge >= 0.3 is 0 Å². The lowest BCUT2D eigenvalue weighted by molar-refractivity contribution is 0.628. The van der Waals surface area contributed by atoms with E-state index in [-0.39, 0.29) is 5.82 Å². The zero-order valence-electron chi connectivity index (χ0n) is 12.6. The van der Waals surface area contributed by atoms with E-state index < -0.39 is 0 Å². The molecule has 0 radical (unpaired) electrons. The number of fused-ring (bicyclic) bond motifs is 1. The quantitative estimate of drug-likeness (QED) is 0.626. The molecule has 0 aliphatic carbocycles. The van der Waals surface area contributed by atoms with Crippen molar-refractivity contribution in [1.29, 1.82) is 0 Å². The first-order valence-electron chi connectivity index (χ1n) is 7.42. The smallest absolute Gasteiger partial charge is 0.185 e. The molecule has 1 aromatic carbocycles. The molecule has 0 atom stereocenters. The van der Waals surface area contributed by atoms with E-state index in [1.54, 1.807) is 22.8 Å². The molecule has 0 unspecified atom stereocenters. The Hall–Kier alpha value is -3.35. The van der Waals surface area contributed by atoms with Crippen LogP contribution in [0, 0.1) is 5.82 Å². The van der Waals surface area contributed by atoms with E-state index in [9.17, 15) is 4.39 Å². The van der Waals surface area contributed by atoms with Crippen LogP contribution < -0.4 is 5.32 Å². The van der Waals surface area contributed by atoms with Crippen molar-refractivity contribution in [2.24, 2.45) is 0 Å². The van der Waals surface area contributed by atoms with Gasteiger partial charge in [-0.25, -0.2) is 4.39 Å². The van der Waals surface area contributed by atoms with Crippen molar-refractivity contribution >= 4 is 11.5 Å². The summed E-state index contributed by atoms with van der Waals surface area (Å²) in [6.45, 7) is 0.563. The van der Waals surface area contributed by atoms with E-state index in [1.807, 2.05) is 30.3 Å². The minimum absolute atomic E-state index is 0.293. The first kappa shape index (κ1) is 14.3. The third-order valence-electron chi connectivity index (χ3n) is 3.54. The van der Waals surface area contributed by atoms with Crippen LogP contribution in [-0.2, 0) is 6.54 Å². The molecule has 118 valence electrons. The van der Waals surface area contributed by atoms with E-state index in [4.69, 9.17) is 0 Å². The van der Waals surface area contributed by atoms with Gasteiger partial charge in [0.1, 0.15) is 11.6 Å². The lowest BCUT2D eigenvalue weighted by Gasteiger charge is -2.06. The molecule has 4 aromatic rings. The molecule has 0 amide bonds. The van der Waals surface area contributed by atoms with E-state index in [1.165, 1.54) is 12.1 Å². The number of benzene rings is 1. The van der Waals surface area contributed by atoms with Crippen molar-refractivity contribution in [3.8, 4) is 11.4 Å². The maximum atomic E-state index is 13.1. The largest absolute Gasteiger partial charge is 0.363 e. The number of halogens is 1. The lowest BCUT2D eigenvalue weighted by atomic mass is 10.2. The fraction of sp³-hybridized carbons (Fsp3) is 0.0588. The maximum Gasteiger partial charge on any atom is 0.185 e. The average molecular weight is 320 g/mol. The standard InChI is InChI=1S/C17H13FN6/c18-13-6-4-12(5-7-13)17-22-21-16-9-8-15(23-24(16)17)20-11-14-3-1-2-10-19-14/h1-10H,11H2,(H,20,23). The second-order valence-corrected chi connectivity index (χ2v) is 5.19. The van der Waals surface area contributed by atoms with E-state index >= 15 is 0 Å². The SMILES string of the molecule is Fc1ccc(-c2nnc3ccc(NCc4ccccn4)nn23)cc1. The summed E-state index contributed by atoms with van der Waals surface area (Å²) in [6.07, 6.45) is 1.75. The van der Waals surface area contributed by atoms with Gasteiger partial charge < -0.3 is 5.32 Å². The lowest BCUT2D eigenvalue weighted by Crippen LogP contribution is -2.05. The summed E-state index contributed by atoms with van der Waals surface area (Å²) in [6, 6.07) is 15.5. The molecular formula is C17H13FN6. The maximum absolute atomic E-state index is 13.1. The highest BCUT2D eigenvalue weighted by atomic mass is 19.1. The van der Waals surface area contributed by atoms with Crippen molar-refractivity contribution in [3.63, 3.8) is 0 Å². The Morgan fingerprint density at radius 3 is 2.62 bits per heavy atom. The van der Waals surface area contributed by atoms with Crippen LogP contribution in [-0.4, -0.2) is 24.8 Å². The van der Waals surface area contributed by atoms with Gasteiger partial charge in [0.05, 0.1) is 12.2 Å². The first-order chi connectivity index (χ1) is 11.8. The number of hydrogen-bond acceptors (Lipinski definition) is 5. The van der Waals surface area contributed by atoms with E-state index in [0.717, 1.165) is 11.3 Å². The molecule has 0 aliphatic rings. The van der Waals surface area contributed by atoms with Crippen molar-refractivity contribution < 1.29 is 4.39 Å². The minimum Gasteiger partial charge on any atom is -0.363 e. The van der Waals surface area contributed by atoms with Crippen LogP contribution in [0.15, 0.2) is 60.8 Å². The van der Waals surface area contributed by atoms with Crippen LogP contribution in [0.4, 0.5) is 10.2 Å². The van der Waals surface area contributed by atoms with Crippen molar-refractivity contribution in [2.45, 2.75) is 6.54 Å². The molecule has 0 bridgehead atoms. The van der Waals surface area contributed by atoms with E-state index in [0.29, 0.717) is 23.8 Å². The molecule has 0 saturated heterocycles. The predicted octanol–water partition coefficient (Wildman–Crippen LogP) is 2.94. The minimum atomic E-state index is -0.293. The van der Waals surface area contributed by atoms with Crippen LogP contribution in [0.5, 0.6) is 0 Å².